The molecule has 3 heteroatoms. The van der Waals surface area contributed by atoms with E-state index in [2.05, 4.69) is 0 Å². The van der Waals surface area contributed by atoms with Crippen molar-refractivity contribution in [3.63, 3.8) is 0 Å². The Morgan fingerprint density at radius 2 is 2.13 bits per heavy atom. The standard InChI is InChI=1S/C12H18FNO/c1-3-5-12(14)10-8-9(15-4-2)6-7-11(10)13/h6-8,12H,3-5,14H2,1-2H3. The van der Waals surface area contributed by atoms with Crippen molar-refractivity contribution in [1.29, 1.82) is 0 Å². The van der Waals surface area contributed by atoms with Crippen molar-refractivity contribution in [2.45, 2.75) is 32.7 Å². The molecule has 0 aliphatic rings. The van der Waals surface area contributed by atoms with Crippen molar-refractivity contribution in [1.82, 2.24) is 0 Å². The third-order valence-corrected chi connectivity index (χ3v) is 2.28. The van der Waals surface area contributed by atoms with E-state index in [1.54, 1.807) is 12.1 Å². The number of halogens is 1. The summed E-state index contributed by atoms with van der Waals surface area (Å²) in [5, 5.41) is 0. The number of hydrogen-bond acceptors (Lipinski definition) is 2. The van der Waals surface area contributed by atoms with Gasteiger partial charge in [-0.25, -0.2) is 4.39 Å². The van der Waals surface area contributed by atoms with E-state index < -0.39 is 0 Å². The van der Waals surface area contributed by atoms with Gasteiger partial charge in [0.2, 0.25) is 0 Å². The molecule has 0 saturated heterocycles. The predicted octanol–water partition coefficient (Wildman–Crippen LogP) is 3.02. The minimum absolute atomic E-state index is 0.240. The Morgan fingerprint density at radius 1 is 1.40 bits per heavy atom. The van der Waals surface area contributed by atoms with Crippen LogP contribution >= 0.6 is 0 Å². The highest BCUT2D eigenvalue weighted by molar-refractivity contribution is 5.31. The fourth-order valence-corrected chi connectivity index (χ4v) is 1.53. The molecule has 2 nitrogen and oxygen atoms in total. The maximum Gasteiger partial charge on any atom is 0.128 e. The summed E-state index contributed by atoms with van der Waals surface area (Å²) in [5.74, 6) is 0.430. The molecule has 1 atom stereocenters. The first-order valence-corrected chi connectivity index (χ1v) is 5.36. The molecule has 1 unspecified atom stereocenters. The van der Waals surface area contributed by atoms with E-state index in [4.69, 9.17) is 10.5 Å². The smallest absolute Gasteiger partial charge is 0.128 e. The van der Waals surface area contributed by atoms with Crippen molar-refractivity contribution in [3.8, 4) is 5.75 Å². The van der Waals surface area contributed by atoms with Crippen LogP contribution in [0.4, 0.5) is 4.39 Å². The quantitative estimate of drug-likeness (QED) is 0.812. The van der Waals surface area contributed by atoms with Crippen LogP contribution in [-0.2, 0) is 0 Å². The SMILES string of the molecule is CCCC(N)c1cc(OCC)ccc1F. The van der Waals surface area contributed by atoms with Gasteiger partial charge in [0.15, 0.2) is 0 Å². The average molecular weight is 211 g/mol. The second kappa shape index (κ2) is 5.71. The first kappa shape index (κ1) is 12.0. The molecular formula is C12H18FNO. The molecular weight excluding hydrogens is 193 g/mol. The third-order valence-electron chi connectivity index (χ3n) is 2.28. The lowest BCUT2D eigenvalue weighted by Crippen LogP contribution is -2.12. The molecule has 2 N–H and O–H groups in total. The Morgan fingerprint density at radius 3 is 2.73 bits per heavy atom. The van der Waals surface area contributed by atoms with Crippen LogP contribution in [0.2, 0.25) is 0 Å². The summed E-state index contributed by atoms with van der Waals surface area (Å²) in [6.45, 7) is 4.51. The van der Waals surface area contributed by atoms with Gasteiger partial charge in [-0.05, 0) is 31.5 Å². The van der Waals surface area contributed by atoms with Crippen LogP contribution in [0.1, 0.15) is 38.3 Å². The van der Waals surface area contributed by atoms with E-state index in [0.29, 0.717) is 17.9 Å². The summed E-state index contributed by atoms with van der Waals surface area (Å²) in [6.07, 6.45) is 1.73. The Kier molecular flexibility index (Phi) is 4.56. The summed E-state index contributed by atoms with van der Waals surface area (Å²) < 4.78 is 18.8. The molecule has 0 aliphatic carbocycles. The number of rotatable bonds is 5. The zero-order valence-electron chi connectivity index (χ0n) is 9.29. The molecule has 0 aliphatic heterocycles. The number of nitrogens with two attached hydrogens (primary N) is 1. The molecule has 0 spiro atoms. The molecule has 0 amide bonds. The van der Waals surface area contributed by atoms with Crippen LogP contribution in [0.3, 0.4) is 0 Å². The summed E-state index contributed by atoms with van der Waals surface area (Å²) in [5.41, 5.74) is 6.42. The highest BCUT2D eigenvalue weighted by Crippen LogP contribution is 2.24. The molecule has 1 aromatic rings. The molecule has 0 bridgehead atoms. The van der Waals surface area contributed by atoms with Crippen molar-refractivity contribution < 1.29 is 9.13 Å². The third kappa shape index (κ3) is 3.20. The number of hydrogen-bond donors (Lipinski definition) is 1. The maximum absolute atomic E-state index is 13.4. The van der Waals surface area contributed by atoms with Crippen molar-refractivity contribution >= 4 is 0 Å². The second-order valence-electron chi connectivity index (χ2n) is 3.51. The average Bonchev–Trinajstić information content (AvgIpc) is 2.21. The minimum Gasteiger partial charge on any atom is -0.494 e. The Labute approximate surface area is 90.2 Å². The van der Waals surface area contributed by atoms with E-state index in [0.717, 1.165) is 12.8 Å². The van der Waals surface area contributed by atoms with E-state index >= 15 is 0 Å². The fraction of sp³-hybridized carbons (Fsp3) is 0.500. The zero-order valence-corrected chi connectivity index (χ0v) is 9.29. The van der Waals surface area contributed by atoms with E-state index in [1.165, 1.54) is 6.07 Å². The van der Waals surface area contributed by atoms with Gasteiger partial charge in [-0.15, -0.1) is 0 Å². The minimum atomic E-state index is -0.251. The lowest BCUT2D eigenvalue weighted by molar-refractivity contribution is 0.338. The van der Waals surface area contributed by atoms with Crippen LogP contribution < -0.4 is 10.5 Å². The molecule has 0 saturated carbocycles. The fourth-order valence-electron chi connectivity index (χ4n) is 1.53. The molecule has 15 heavy (non-hydrogen) atoms. The van der Waals surface area contributed by atoms with Gasteiger partial charge in [-0.3, -0.25) is 0 Å². The van der Waals surface area contributed by atoms with Gasteiger partial charge in [0.05, 0.1) is 6.61 Å². The van der Waals surface area contributed by atoms with Gasteiger partial charge in [0.25, 0.3) is 0 Å². The van der Waals surface area contributed by atoms with Crippen LogP contribution in [0.15, 0.2) is 18.2 Å². The Balaban J connectivity index is 2.89. The lowest BCUT2D eigenvalue weighted by Gasteiger charge is -2.13. The van der Waals surface area contributed by atoms with Crippen LogP contribution in [0.5, 0.6) is 5.75 Å². The van der Waals surface area contributed by atoms with Gasteiger partial charge in [-0.1, -0.05) is 13.3 Å². The summed E-state index contributed by atoms with van der Waals surface area (Å²) in [7, 11) is 0. The topological polar surface area (TPSA) is 35.2 Å². The Hall–Kier alpha value is -1.09. The van der Waals surface area contributed by atoms with Crippen molar-refractivity contribution in [2.75, 3.05) is 6.61 Å². The van der Waals surface area contributed by atoms with E-state index in [9.17, 15) is 4.39 Å². The van der Waals surface area contributed by atoms with Crippen molar-refractivity contribution in [2.24, 2.45) is 5.73 Å². The van der Waals surface area contributed by atoms with Gasteiger partial charge in [-0.2, -0.15) is 0 Å². The van der Waals surface area contributed by atoms with Crippen molar-refractivity contribution in [3.05, 3.63) is 29.6 Å². The Bertz CT molecular complexity index is 314. The van der Waals surface area contributed by atoms with Crippen LogP contribution in [-0.4, -0.2) is 6.61 Å². The van der Waals surface area contributed by atoms with Gasteiger partial charge in [0, 0.05) is 11.6 Å². The summed E-state index contributed by atoms with van der Waals surface area (Å²) in [4.78, 5) is 0. The monoisotopic (exact) mass is 211 g/mol. The first-order valence-electron chi connectivity index (χ1n) is 5.36. The maximum atomic E-state index is 13.4. The highest BCUT2D eigenvalue weighted by atomic mass is 19.1. The second-order valence-corrected chi connectivity index (χ2v) is 3.51. The number of benzene rings is 1. The summed E-state index contributed by atoms with van der Waals surface area (Å²) >= 11 is 0. The zero-order chi connectivity index (χ0) is 11.3. The normalized spacial score (nSPS) is 12.5. The lowest BCUT2D eigenvalue weighted by atomic mass is 10.0. The molecule has 0 radical (unpaired) electrons. The van der Waals surface area contributed by atoms with Gasteiger partial charge < -0.3 is 10.5 Å². The molecule has 1 aromatic carbocycles. The van der Waals surface area contributed by atoms with Crippen LogP contribution in [0.25, 0.3) is 0 Å². The molecule has 1 rings (SSSR count). The number of ether oxygens (including phenoxy) is 1. The van der Waals surface area contributed by atoms with E-state index in [1.807, 2.05) is 13.8 Å². The molecule has 84 valence electrons. The van der Waals surface area contributed by atoms with Gasteiger partial charge in [0.1, 0.15) is 11.6 Å². The van der Waals surface area contributed by atoms with E-state index in [-0.39, 0.29) is 11.9 Å². The highest BCUT2D eigenvalue weighted by Gasteiger charge is 2.11. The molecule has 0 fully saturated rings. The van der Waals surface area contributed by atoms with Crippen LogP contribution in [0, 0.1) is 5.82 Å². The largest absolute Gasteiger partial charge is 0.494 e. The summed E-state index contributed by atoms with van der Waals surface area (Å²) in [6, 6.07) is 4.49. The predicted molar refractivity (Wildman–Crippen MR) is 59.4 cm³/mol. The molecule has 0 aromatic heterocycles. The molecule has 0 heterocycles. The first-order chi connectivity index (χ1) is 7.19. The van der Waals surface area contributed by atoms with Gasteiger partial charge >= 0.3 is 0 Å².